The van der Waals surface area contributed by atoms with Gasteiger partial charge in [0, 0.05) is 25.8 Å². The number of para-hydroxylation sites is 2. The number of hydrogen-bond acceptors (Lipinski definition) is 5. The Morgan fingerprint density at radius 3 is 3.04 bits per heavy atom. The van der Waals surface area contributed by atoms with E-state index in [-0.39, 0.29) is 18.1 Å². The first-order valence-electron chi connectivity index (χ1n) is 8.43. The van der Waals surface area contributed by atoms with Crippen molar-refractivity contribution in [2.24, 2.45) is 5.92 Å². The van der Waals surface area contributed by atoms with Gasteiger partial charge in [-0.05, 0) is 36.1 Å². The van der Waals surface area contributed by atoms with E-state index in [2.05, 4.69) is 21.3 Å². The number of anilines is 1. The van der Waals surface area contributed by atoms with Crippen molar-refractivity contribution in [3.05, 3.63) is 48.3 Å². The van der Waals surface area contributed by atoms with Crippen LogP contribution in [0.15, 0.2) is 42.7 Å². The van der Waals surface area contributed by atoms with E-state index in [1.54, 1.807) is 19.4 Å². The molecule has 0 bridgehead atoms. The summed E-state index contributed by atoms with van der Waals surface area (Å²) < 4.78 is 5.43. The molecule has 132 valence electrons. The van der Waals surface area contributed by atoms with Crippen LogP contribution in [0.1, 0.15) is 12.0 Å². The number of benzene rings is 1. The molecule has 1 aromatic carbocycles. The fourth-order valence-corrected chi connectivity index (χ4v) is 3.19. The van der Waals surface area contributed by atoms with Crippen LogP contribution in [0.2, 0.25) is 0 Å². The van der Waals surface area contributed by atoms with Crippen LogP contribution >= 0.6 is 0 Å². The van der Waals surface area contributed by atoms with E-state index in [0.29, 0.717) is 18.0 Å². The van der Waals surface area contributed by atoms with Crippen LogP contribution in [0, 0.1) is 5.92 Å². The fourth-order valence-electron chi connectivity index (χ4n) is 3.19. The molecule has 1 fully saturated rings. The van der Waals surface area contributed by atoms with Gasteiger partial charge in [0.2, 0.25) is 5.91 Å². The maximum absolute atomic E-state index is 12.1. The maximum atomic E-state index is 12.1. The molecule has 0 aliphatic carbocycles. The topological polar surface area (TPSA) is 74.7 Å². The van der Waals surface area contributed by atoms with Gasteiger partial charge in [-0.25, -0.2) is 0 Å². The molecular weight excluding hydrogens is 318 g/mol. The number of nitrogens with zero attached hydrogens (tertiary/aromatic N) is 2. The highest BCUT2D eigenvalue weighted by molar-refractivity contribution is 5.78. The zero-order chi connectivity index (χ0) is 17.6. The Morgan fingerprint density at radius 1 is 1.40 bits per heavy atom. The van der Waals surface area contributed by atoms with Crippen molar-refractivity contribution in [3.8, 4) is 11.5 Å². The third-order valence-electron chi connectivity index (χ3n) is 4.44. The summed E-state index contributed by atoms with van der Waals surface area (Å²) in [5, 5.41) is 12.4. The van der Waals surface area contributed by atoms with Crippen molar-refractivity contribution in [2.45, 2.75) is 12.8 Å². The number of amides is 1. The number of aromatic hydroxyl groups is 1. The second kappa shape index (κ2) is 7.88. The number of nitrogens with one attached hydrogen (secondary N) is 1. The fraction of sp³-hybridized carbons (Fsp3) is 0.368. The van der Waals surface area contributed by atoms with E-state index >= 15 is 0 Å². The van der Waals surface area contributed by atoms with Gasteiger partial charge in [-0.15, -0.1) is 0 Å². The largest absolute Gasteiger partial charge is 0.506 e. The summed E-state index contributed by atoms with van der Waals surface area (Å²) in [6.45, 7) is 2.50. The predicted octanol–water partition coefficient (Wildman–Crippen LogP) is 1.98. The normalized spacial score (nSPS) is 16.7. The van der Waals surface area contributed by atoms with E-state index in [4.69, 9.17) is 4.74 Å². The van der Waals surface area contributed by atoms with Crippen LogP contribution in [0.5, 0.6) is 11.5 Å². The quantitative estimate of drug-likeness (QED) is 0.840. The van der Waals surface area contributed by atoms with Crippen molar-refractivity contribution in [1.29, 1.82) is 0 Å². The number of methoxy groups -OCH3 is 1. The van der Waals surface area contributed by atoms with Crippen molar-refractivity contribution in [3.63, 3.8) is 0 Å². The second-order valence-corrected chi connectivity index (χ2v) is 6.30. The van der Waals surface area contributed by atoms with Crippen LogP contribution in [0.3, 0.4) is 0 Å². The molecule has 1 amide bonds. The molecule has 6 heteroatoms. The molecule has 1 aliphatic heterocycles. The lowest BCUT2D eigenvalue weighted by Gasteiger charge is -2.21. The molecule has 0 saturated carbocycles. The van der Waals surface area contributed by atoms with Crippen molar-refractivity contribution < 1.29 is 14.6 Å². The Balaban J connectivity index is 1.49. The molecule has 1 aliphatic rings. The van der Waals surface area contributed by atoms with Gasteiger partial charge >= 0.3 is 0 Å². The minimum Gasteiger partial charge on any atom is -0.506 e. The highest BCUT2D eigenvalue weighted by atomic mass is 16.5. The first kappa shape index (κ1) is 17.1. The van der Waals surface area contributed by atoms with Gasteiger partial charge in [0.05, 0.1) is 25.4 Å². The van der Waals surface area contributed by atoms with Crippen LogP contribution in [0.25, 0.3) is 0 Å². The summed E-state index contributed by atoms with van der Waals surface area (Å²) in [7, 11) is 1.68. The summed E-state index contributed by atoms with van der Waals surface area (Å²) in [5.74, 6) is 1.32. The van der Waals surface area contributed by atoms with E-state index in [9.17, 15) is 9.90 Å². The molecule has 1 aromatic heterocycles. The lowest BCUT2D eigenvalue weighted by atomic mass is 10.1. The highest BCUT2D eigenvalue weighted by Gasteiger charge is 2.24. The van der Waals surface area contributed by atoms with Crippen molar-refractivity contribution in [2.75, 3.05) is 31.6 Å². The lowest BCUT2D eigenvalue weighted by molar-refractivity contribution is -0.120. The number of carbonyl (C=O) groups excluding carboxylic acids is 1. The number of rotatable bonds is 6. The summed E-state index contributed by atoms with van der Waals surface area (Å²) >= 11 is 0. The Kier molecular flexibility index (Phi) is 5.38. The van der Waals surface area contributed by atoms with Crippen molar-refractivity contribution >= 4 is 11.6 Å². The van der Waals surface area contributed by atoms with E-state index < -0.39 is 0 Å². The maximum Gasteiger partial charge on any atom is 0.224 e. The molecule has 6 nitrogen and oxygen atoms in total. The second-order valence-electron chi connectivity index (χ2n) is 6.30. The molecule has 2 aromatic rings. The van der Waals surface area contributed by atoms with Gasteiger partial charge in [0.15, 0.2) is 0 Å². The molecule has 2 heterocycles. The Hall–Kier alpha value is -2.76. The highest BCUT2D eigenvalue weighted by Crippen LogP contribution is 2.31. The van der Waals surface area contributed by atoms with E-state index in [0.717, 1.165) is 30.9 Å². The molecule has 0 radical (unpaired) electrons. The van der Waals surface area contributed by atoms with Gasteiger partial charge in [0.1, 0.15) is 11.5 Å². The molecule has 2 N–H and O–H groups in total. The predicted molar refractivity (Wildman–Crippen MR) is 95.9 cm³/mol. The van der Waals surface area contributed by atoms with Crippen molar-refractivity contribution in [1.82, 2.24) is 10.3 Å². The Bertz CT molecular complexity index is 735. The summed E-state index contributed by atoms with van der Waals surface area (Å²) in [6.07, 6.45) is 4.21. The zero-order valence-electron chi connectivity index (χ0n) is 14.3. The molecule has 1 atom stereocenters. The van der Waals surface area contributed by atoms with E-state index in [1.165, 1.54) is 6.20 Å². The average molecular weight is 341 g/mol. The van der Waals surface area contributed by atoms with Crippen LogP contribution in [-0.4, -0.2) is 42.7 Å². The summed E-state index contributed by atoms with van der Waals surface area (Å²) in [6, 6.07) is 9.57. The molecule has 25 heavy (non-hydrogen) atoms. The Morgan fingerprint density at radius 2 is 2.24 bits per heavy atom. The lowest BCUT2D eigenvalue weighted by Crippen LogP contribution is -2.32. The standard InChI is InChI=1S/C19H23N3O3/c1-25-18-5-3-2-4-17(18)22-7-6-14(13-22)11-21-19(24)9-15-8-16(23)12-20-10-15/h2-5,8,10,12,14,23H,6-7,9,11,13H2,1H3,(H,21,24). The molecular formula is C19H23N3O3. The molecule has 1 saturated heterocycles. The van der Waals surface area contributed by atoms with Crippen LogP contribution in [0.4, 0.5) is 5.69 Å². The number of carbonyl (C=O) groups is 1. The number of pyridine rings is 1. The van der Waals surface area contributed by atoms with E-state index in [1.807, 2.05) is 18.2 Å². The summed E-state index contributed by atoms with van der Waals surface area (Å²) in [4.78, 5) is 18.3. The first-order chi connectivity index (χ1) is 12.2. The number of aromatic nitrogens is 1. The Labute approximate surface area is 147 Å². The van der Waals surface area contributed by atoms with Crippen LogP contribution in [-0.2, 0) is 11.2 Å². The smallest absolute Gasteiger partial charge is 0.224 e. The third kappa shape index (κ3) is 4.41. The molecule has 3 rings (SSSR count). The molecule has 1 unspecified atom stereocenters. The van der Waals surface area contributed by atoms with Gasteiger partial charge in [-0.3, -0.25) is 9.78 Å². The van der Waals surface area contributed by atoms with Gasteiger partial charge in [-0.2, -0.15) is 0 Å². The summed E-state index contributed by atoms with van der Waals surface area (Å²) in [5.41, 5.74) is 1.81. The van der Waals surface area contributed by atoms with Crippen LogP contribution < -0.4 is 15.0 Å². The first-order valence-corrected chi connectivity index (χ1v) is 8.43. The average Bonchev–Trinajstić information content (AvgIpc) is 3.09. The zero-order valence-corrected chi connectivity index (χ0v) is 14.3. The van der Waals surface area contributed by atoms with Gasteiger partial charge in [0.25, 0.3) is 0 Å². The SMILES string of the molecule is COc1ccccc1N1CCC(CNC(=O)Cc2cncc(O)c2)C1. The minimum absolute atomic E-state index is 0.0526. The monoisotopic (exact) mass is 341 g/mol. The molecule has 0 spiro atoms. The minimum atomic E-state index is -0.0526. The number of hydrogen-bond donors (Lipinski definition) is 2. The third-order valence-corrected chi connectivity index (χ3v) is 4.44. The number of ether oxygens (including phenoxy) is 1. The van der Waals surface area contributed by atoms with Gasteiger partial charge in [-0.1, -0.05) is 12.1 Å². The van der Waals surface area contributed by atoms with Gasteiger partial charge < -0.3 is 20.1 Å².